The first kappa shape index (κ1) is 21.6. The number of aromatic amines is 2. The van der Waals surface area contributed by atoms with Gasteiger partial charge in [-0.05, 0) is 37.0 Å². The van der Waals surface area contributed by atoms with Crippen LogP contribution in [0.5, 0.6) is 0 Å². The Morgan fingerprint density at radius 2 is 1.91 bits per heavy atom. The SMILES string of the molecule is CCN(N)Cc1cncc(-c2cnc3n[nH]c(-c4nc5c(N6CCCC6)cncc5[nH]4)c3c2)c1C. The Hall–Kier alpha value is -3.89. The molecule has 0 atom stereocenters. The zero-order chi connectivity index (χ0) is 23.9. The second-order valence-corrected chi connectivity index (χ2v) is 9.06. The second kappa shape index (κ2) is 8.71. The summed E-state index contributed by atoms with van der Waals surface area (Å²) in [6, 6.07) is 2.10. The van der Waals surface area contributed by atoms with E-state index in [9.17, 15) is 0 Å². The lowest BCUT2D eigenvalue weighted by molar-refractivity contribution is 0.290. The van der Waals surface area contributed by atoms with E-state index in [2.05, 4.69) is 48.0 Å². The van der Waals surface area contributed by atoms with Crippen molar-refractivity contribution in [3.8, 4) is 22.6 Å². The molecule has 10 nitrogen and oxygen atoms in total. The molecule has 5 aromatic rings. The molecule has 4 N–H and O–H groups in total. The van der Waals surface area contributed by atoms with Gasteiger partial charge in [-0.25, -0.2) is 15.0 Å². The van der Waals surface area contributed by atoms with E-state index >= 15 is 0 Å². The maximum absolute atomic E-state index is 6.05. The molecule has 0 saturated carbocycles. The van der Waals surface area contributed by atoms with E-state index in [-0.39, 0.29) is 0 Å². The number of hydrogen-bond donors (Lipinski definition) is 3. The number of imidazole rings is 1. The molecule has 0 aromatic carbocycles. The molecule has 10 heteroatoms. The number of nitrogens with zero attached hydrogens (tertiary/aromatic N) is 7. The first-order valence-corrected chi connectivity index (χ1v) is 12.0. The molecule has 0 amide bonds. The summed E-state index contributed by atoms with van der Waals surface area (Å²) >= 11 is 0. The van der Waals surface area contributed by atoms with E-state index in [1.807, 2.05) is 37.9 Å². The van der Waals surface area contributed by atoms with Crippen LogP contribution in [0, 0.1) is 6.92 Å². The predicted molar refractivity (Wildman–Crippen MR) is 136 cm³/mol. The minimum Gasteiger partial charge on any atom is -0.368 e. The summed E-state index contributed by atoms with van der Waals surface area (Å²) in [5, 5.41) is 10.2. The van der Waals surface area contributed by atoms with E-state index in [0.717, 1.165) is 75.5 Å². The molecular weight excluding hydrogens is 440 g/mol. The van der Waals surface area contributed by atoms with Gasteiger partial charge in [-0.3, -0.25) is 20.9 Å². The fraction of sp³-hybridized carbons (Fsp3) is 0.320. The van der Waals surface area contributed by atoms with Gasteiger partial charge in [0, 0.05) is 55.9 Å². The number of H-pyrrole nitrogens is 2. The molecule has 0 spiro atoms. The Balaban J connectivity index is 1.42. The van der Waals surface area contributed by atoms with Crippen molar-refractivity contribution >= 4 is 27.8 Å². The lowest BCUT2D eigenvalue weighted by atomic mass is 9.99. The zero-order valence-electron chi connectivity index (χ0n) is 19.9. The Bertz CT molecular complexity index is 1510. The summed E-state index contributed by atoms with van der Waals surface area (Å²) in [6.45, 7) is 7.62. The summed E-state index contributed by atoms with van der Waals surface area (Å²) < 4.78 is 0. The van der Waals surface area contributed by atoms with Crippen molar-refractivity contribution in [1.82, 2.24) is 40.1 Å². The van der Waals surface area contributed by atoms with Crippen LogP contribution >= 0.6 is 0 Å². The van der Waals surface area contributed by atoms with Crippen LogP contribution in [-0.4, -0.2) is 59.8 Å². The summed E-state index contributed by atoms with van der Waals surface area (Å²) in [7, 11) is 0. The smallest absolute Gasteiger partial charge is 0.181 e. The fourth-order valence-corrected chi connectivity index (χ4v) is 4.80. The third-order valence-electron chi connectivity index (χ3n) is 6.88. The Labute approximate surface area is 202 Å². The first-order chi connectivity index (χ1) is 17.1. The van der Waals surface area contributed by atoms with Crippen LogP contribution in [-0.2, 0) is 6.54 Å². The van der Waals surface area contributed by atoms with Gasteiger partial charge in [-0.1, -0.05) is 6.92 Å². The summed E-state index contributed by atoms with van der Waals surface area (Å²) in [4.78, 5) is 24.3. The number of nitrogens with two attached hydrogens (primary N) is 1. The average Bonchev–Trinajstić information content (AvgIpc) is 3.63. The van der Waals surface area contributed by atoms with Gasteiger partial charge < -0.3 is 9.88 Å². The molecule has 6 heterocycles. The number of anilines is 1. The highest BCUT2D eigenvalue weighted by molar-refractivity contribution is 5.95. The topological polar surface area (TPSA) is 129 Å². The van der Waals surface area contributed by atoms with Gasteiger partial charge in [-0.2, -0.15) is 5.10 Å². The van der Waals surface area contributed by atoms with Gasteiger partial charge in [0.1, 0.15) is 11.2 Å². The van der Waals surface area contributed by atoms with Crippen molar-refractivity contribution < 1.29 is 0 Å². The predicted octanol–water partition coefficient (Wildman–Crippen LogP) is 3.56. The highest BCUT2D eigenvalue weighted by Gasteiger charge is 2.20. The molecule has 0 unspecified atom stereocenters. The minimum absolute atomic E-state index is 0.641. The van der Waals surface area contributed by atoms with Gasteiger partial charge in [0.2, 0.25) is 0 Å². The van der Waals surface area contributed by atoms with E-state index in [4.69, 9.17) is 10.8 Å². The summed E-state index contributed by atoms with van der Waals surface area (Å²) in [5.74, 6) is 6.78. The number of fused-ring (bicyclic) bond motifs is 2. The number of aromatic nitrogens is 7. The molecule has 35 heavy (non-hydrogen) atoms. The molecule has 0 aliphatic carbocycles. The van der Waals surface area contributed by atoms with Gasteiger partial charge in [0.15, 0.2) is 11.5 Å². The molecule has 6 rings (SSSR count). The lowest BCUT2D eigenvalue weighted by Crippen LogP contribution is -2.30. The molecule has 1 saturated heterocycles. The van der Waals surface area contributed by atoms with Crippen molar-refractivity contribution in [2.24, 2.45) is 5.84 Å². The standard InChI is InChI=1S/C25H28N10/c1-3-35(26)14-17-9-27-11-19(15(17)2)16-8-18-22(32-33-24(18)29-10-16)25-30-20-12-28-13-21(23(20)31-25)34-6-4-5-7-34/h8-13H,3-7,14,26H2,1-2H3,(H,30,31)(H,29,32,33). The van der Waals surface area contributed by atoms with Crippen LogP contribution in [0.3, 0.4) is 0 Å². The molecule has 0 radical (unpaired) electrons. The first-order valence-electron chi connectivity index (χ1n) is 12.0. The van der Waals surface area contributed by atoms with Crippen molar-refractivity contribution in [2.75, 3.05) is 24.5 Å². The Morgan fingerprint density at radius 1 is 1.09 bits per heavy atom. The van der Waals surface area contributed by atoms with Gasteiger partial charge in [0.25, 0.3) is 0 Å². The summed E-state index contributed by atoms with van der Waals surface area (Å²) in [5.41, 5.74) is 8.59. The zero-order valence-corrected chi connectivity index (χ0v) is 19.9. The Morgan fingerprint density at radius 3 is 2.74 bits per heavy atom. The van der Waals surface area contributed by atoms with Gasteiger partial charge in [0.05, 0.1) is 29.0 Å². The molecule has 1 fully saturated rings. The number of hydrazine groups is 1. The number of nitrogens with one attached hydrogen (secondary N) is 2. The second-order valence-electron chi connectivity index (χ2n) is 9.06. The lowest BCUT2D eigenvalue weighted by Gasteiger charge is -2.16. The van der Waals surface area contributed by atoms with Crippen molar-refractivity contribution in [3.63, 3.8) is 0 Å². The van der Waals surface area contributed by atoms with Crippen LogP contribution < -0.4 is 10.7 Å². The van der Waals surface area contributed by atoms with Crippen LogP contribution in [0.1, 0.15) is 30.9 Å². The maximum atomic E-state index is 6.05. The number of pyridine rings is 3. The van der Waals surface area contributed by atoms with E-state index in [1.54, 1.807) is 5.01 Å². The highest BCUT2D eigenvalue weighted by Crippen LogP contribution is 2.33. The van der Waals surface area contributed by atoms with E-state index < -0.39 is 0 Å². The van der Waals surface area contributed by atoms with Crippen molar-refractivity contribution in [2.45, 2.75) is 33.2 Å². The molecule has 5 aromatic heterocycles. The Kier molecular flexibility index (Phi) is 5.39. The van der Waals surface area contributed by atoms with Crippen LogP contribution in [0.25, 0.3) is 44.7 Å². The van der Waals surface area contributed by atoms with Crippen LogP contribution in [0.15, 0.2) is 37.1 Å². The quantitative estimate of drug-likeness (QED) is 0.255. The minimum atomic E-state index is 0.641. The van der Waals surface area contributed by atoms with E-state index in [0.29, 0.717) is 12.2 Å². The van der Waals surface area contributed by atoms with Gasteiger partial charge >= 0.3 is 0 Å². The molecule has 1 aliphatic heterocycles. The molecule has 1 aliphatic rings. The number of rotatable bonds is 6. The highest BCUT2D eigenvalue weighted by atomic mass is 15.4. The van der Waals surface area contributed by atoms with Crippen LogP contribution in [0.2, 0.25) is 0 Å². The van der Waals surface area contributed by atoms with Gasteiger partial charge in [-0.15, -0.1) is 0 Å². The number of hydrogen-bond acceptors (Lipinski definition) is 8. The fourth-order valence-electron chi connectivity index (χ4n) is 4.80. The monoisotopic (exact) mass is 468 g/mol. The largest absolute Gasteiger partial charge is 0.368 e. The third-order valence-corrected chi connectivity index (χ3v) is 6.88. The van der Waals surface area contributed by atoms with Crippen LogP contribution in [0.4, 0.5) is 5.69 Å². The molecule has 0 bridgehead atoms. The molecular formula is C25H28N10. The summed E-state index contributed by atoms with van der Waals surface area (Å²) in [6.07, 6.45) is 11.7. The third kappa shape index (κ3) is 3.80. The normalized spacial score (nSPS) is 14.1. The van der Waals surface area contributed by atoms with E-state index in [1.165, 1.54) is 12.8 Å². The molecule has 178 valence electrons. The van der Waals surface area contributed by atoms with Crippen molar-refractivity contribution in [3.05, 3.63) is 48.2 Å². The average molecular weight is 469 g/mol. The van der Waals surface area contributed by atoms with Crippen molar-refractivity contribution in [1.29, 1.82) is 0 Å². The maximum Gasteiger partial charge on any atom is 0.181 e.